The maximum atomic E-state index is 12.7. The van der Waals surface area contributed by atoms with Gasteiger partial charge in [0.15, 0.2) is 0 Å². The second kappa shape index (κ2) is 10.6. The fourth-order valence-electron chi connectivity index (χ4n) is 4.90. The number of anilines is 3. The number of H-pyrrole nitrogens is 1. The van der Waals surface area contributed by atoms with E-state index in [0.29, 0.717) is 28.1 Å². The Bertz CT molecular complexity index is 1550. The van der Waals surface area contributed by atoms with Crippen LogP contribution >= 0.6 is 0 Å². The topological polar surface area (TPSA) is 124 Å². The third kappa shape index (κ3) is 5.36. The van der Waals surface area contributed by atoms with Crippen molar-refractivity contribution in [2.24, 2.45) is 5.92 Å². The first-order valence-electron chi connectivity index (χ1n) is 12.5. The largest absolute Gasteiger partial charge is 0.339 e. The van der Waals surface area contributed by atoms with Crippen molar-refractivity contribution >= 4 is 34.0 Å². The van der Waals surface area contributed by atoms with E-state index in [2.05, 4.69) is 26.7 Å². The van der Waals surface area contributed by atoms with Gasteiger partial charge in [-0.1, -0.05) is 31.4 Å². The molecule has 0 radical (unpaired) electrons. The van der Waals surface area contributed by atoms with Gasteiger partial charge in [-0.15, -0.1) is 0 Å². The lowest BCUT2D eigenvalue weighted by atomic mass is 9.88. The molecule has 0 bridgehead atoms. The minimum atomic E-state index is -0.252. The Hall–Kier alpha value is -4.51. The number of pyridine rings is 3. The number of hydrogen-bond donors (Lipinski definition) is 3. The summed E-state index contributed by atoms with van der Waals surface area (Å²) in [5, 5.41) is 15.7. The second-order valence-corrected chi connectivity index (χ2v) is 9.49. The minimum Gasteiger partial charge on any atom is -0.339 e. The summed E-state index contributed by atoms with van der Waals surface area (Å²) in [7, 11) is 0. The van der Waals surface area contributed by atoms with Gasteiger partial charge in [-0.3, -0.25) is 9.59 Å². The van der Waals surface area contributed by atoms with Crippen molar-refractivity contribution in [3.8, 4) is 17.3 Å². The lowest BCUT2D eigenvalue weighted by Gasteiger charge is -2.21. The molecule has 1 aromatic carbocycles. The van der Waals surface area contributed by atoms with Crippen molar-refractivity contribution in [2.45, 2.75) is 45.4 Å². The maximum absolute atomic E-state index is 12.7. The zero-order valence-electron chi connectivity index (χ0n) is 20.7. The molecule has 0 atom stereocenters. The highest BCUT2D eigenvalue weighted by Gasteiger charge is 2.21. The van der Waals surface area contributed by atoms with Crippen molar-refractivity contribution in [1.82, 2.24) is 15.0 Å². The molecular formula is C29H28N6O2. The fraction of sp³-hybridized carbons (Fsp3) is 0.276. The average molecular weight is 493 g/mol. The SMILES string of the molecule is Cc1cc(NC(=O)C2CCCCC2)ccc1-c1cc(Nc2ccc(CC#N)cn2)c2c(=O)[nH]ccc2n1. The molecule has 8 nitrogen and oxygen atoms in total. The van der Waals surface area contributed by atoms with Gasteiger partial charge in [-0.2, -0.15) is 5.26 Å². The van der Waals surface area contributed by atoms with Gasteiger partial charge in [0.25, 0.3) is 5.56 Å². The molecule has 0 aliphatic heterocycles. The number of rotatable bonds is 6. The van der Waals surface area contributed by atoms with Gasteiger partial charge < -0.3 is 15.6 Å². The Morgan fingerprint density at radius 3 is 2.70 bits per heavy atom. The highest BCUT2D eigenvalue weighted by Crippen LogP contribution is 2.32. The van der Waals surface area contributed by atoms with Crippen LogP contribution < -0.4 is 16.2 Å². The number of nitriles is 1. The normalized spacial score (nSPS) is 13.7. The van der Waals surface area contributed by atoms with E-state index < -0.39 is 0 Å². The van der Waals surface area contributed by atoms with Gasteiger partial charge in [-0.25, -0.2) is 9.97 Å². The van der Waals surface area contributed by atoms with Crippen LogP contribution in [0, 0.1) is 24.2 Å². The van der Waals surface area contributed by atoms with E-state index in [1.165, 1.54) is 6.42 Å². The number of nitrogens with zero attached hydrogens (tertiary/aromatic N) is 3. The number of aryl methyl sites for hydroxylation is 1. The molecule has 3 N–H and O–H groups in total. The van der Waals surface area contributed by atoms with Gasteiger partial charge in [0.2, 0.25) is 5.91 Å². The molecule has 8 heteroatoms. The highest BCUT2D eigenvalue weighted by atomic mass is 16.2. The quantitative estimate of drug-likeness (QED) is 0.321. The Balaban J connectivity index is 1.47. The van der Waals surface area contributed by atoms with Gasteiger partial charge in [-0.05, 0) is 61.2 Å². The maximum Gasteiger partial charge on any atom is 0.259 e. The van der Waals surface area contributed by atoms with Gasteiger partial charge in [0, 0.05) is 29.6 Å². The molecule has 1 fully saturated rings. The Kier molecular flexibility index (Phi) is 6.95. The summed E-state index contributed by atoms with van der Waals surface area (Å²) in [5.74, 6) is 0.737. The van der Waals surface area contributed by atoms with Gasteiger partial charge >= 0.3 is 0 Å². The van der Waals surface area contributed by atoms with Crippen LogP contribution in [0.5, 0.6) is 0 Å². The number of carbonyl (C=O) groups excluding carboxylic acids is 1. The van der Waals surface area contributed by atoms with E-state index >= 15 is 0 Å². The first-order chi connectivity index (χ1) is 18.0. The molecule has 186 valence electrons. The van der Waals surface area contributed by atoms with Crippen molar-refractivity contribution < 1.29 is 4.79 Å². The Morgan fingerprint density at radius 2 is 1.97 bits per heavy atom. The molecular weight excluding hydrogens is 464 g/mol. The molecule has 1 amide bonds. The van der Waals surface area contributed by atoms with Crippen molar-refractivity contribution in [3.63, 3.8) is 0 Å². The first kappa shape index (κ1) is 24.2. The molecule has 0 spiro atoms. The first-order valence-corrected chi connectivity index (χ1v) is 12.5. The van der Waals surface area contributed by atoms with E-state index in [9.17, 15) is 9.59 Å². The number of amides is 1. The van der Waals surface area contributed by atoms with E-state index in [1.54, 1.807) is 24.5 Å². The highest BCUT2D eigenvalue weighted by molar-refractivity contribution is 5.95. The van der Waals surface area contributed by atoms with E-state index in [0.717, 1.165) is 48.1 Å². The predicted molar refractivity (Wildman–Crippen MR) is 145 cm³/mol. The Morgan fingerprint density at radius 1 is 1.14 bits per heavy atom. The Labute approximate surface area is 214 Å². The van der Waals surface area contributed by atoms with E-state index in [4.69, 9.17) is 10.2 Å². The number of benzene rings is 1. The number of carbonyl (C=O) groups is 1. The molecule has 0 saturated heterocycles. The molecule has 1 aliphatic rings. The van der Waals surface area contributed by atoms with Crippen LogP contribution in [0.2, 0.25) is 0 Å². The summed E-state index contributed by atoms with van der Waals surface area (Å²) >= 11 is 0. The molecule has 1 aliphatic carbocycles. The molecule has 1 saturated carbocycles. The van der Waals surface area contributed by atoms with Crippen molar-refractivity contribution in [2.75, 3.05) is 10.6 Å². The summed E-state index contributed by atoms with van der Waals surface area (Å²) in [6, 6.07) is 15.1. The monoisotopic (exact) mass is 492 g/mol. The fourth-order valence-corrected chi connectivity index (χ4v) is 4.90. The van der Waals surface area contributed by atoms with Gasteiger partial charge in [0.1, 0.15) is 5.82 Å². The third-order valence-electron chi connectivity index (χ3n) is 6.85. The number of aromatic nitrogens is 3. The second-order valence-electron chi connectivity index (χ2n) is 9.49. The van der Waals surface area contributed by atoms with E-state index in [-0.39, 0.29) is 23.8 Å². The van der Waals surface area contributed by atoms with Crippen LogP contribution in [0.3, 0.4) is 0 Å². The number of fused-ring (bicyclic) bond motifs is 1. The standard InChI is InChI=1S/C29H28N6O2/c1-18-15-21(33-28(36)20-5-3-2-4-6-20)8-9-22(18)24-16-25(27-23(34-24)12-14-31-29(27)37)35-26-10-7-19(11-13-30)17-32-26/h7-10,12,14-17,20H,2-6,11H2,1H3,(H,31,37)(H,33,36)(H,32,34,35). The summed E-state index contributed by atoms with van der Waals surface area (Å²) in [4.78, 5) is 37.3. The van der Waals surface area contributed by atoms with Crippen LogP contribution in [-0.4, -0.2) is 20.9 Å². The van der Waals surface area contributed by atoms with Gasteiger partial charge in [0.05, 0.1) is 34.8 Å². The number of aromatic amines is 1. The van der Waals surface area contributed by atoms with Crippen LogP contribution in [0.15, 0.2) is 59.7 Å². The van der Waals surface area contributed by atoms with Crippen molar-refractivity contribution in [3.05, 3.63) is 76.3 Å². The van der Waals surface area contributed by atoms with Crippen molar-refractivity contribution in [1.29, 1.82) is 5.26 Å². The molecule has 4 aromatic rings. The smallest absolute Gasteiger partial charge is 0.259 e. The minimum absolute atomic E-state index is 0.0881. The third-order valence-corrected chi connectivity index (χ3v) is 6.85. The zero-order valence-corrected chi connectivity index (χ0v) is 20.7. The average Bonchev–Trinajstić information content (AvgIpc) is 2.90. The van der Waals surface area contributed by atoms with Crippen LogP contribution in [0.4, 0.5) is 17.2 Å². The molecule has 0 unspecified atom stereocenters. The zero-order chi connectivity index (χ0) is 25.8. The van der Waals surface area contributed by atoms with Crippen LogP contribution in [0.1, 0.15) is 43.2 Å². The summed E-state index contributed by atoms with van der Waals surface area (Å²) < 4.78 is 0. The summed E-state index contributed by atoms with van der Waals surface area (Å²) in [5.41, 5.74) is 5.03. The molecule has 3 heterocycles. The molecule has 37 heavy (non-hydrogen) atoms. The van der Waals surface area contributed by atoms with E-state index in [1.807, 2.05) is 37.3 Å². The summed E-state index contributed by atoms with van der Waals surface area (Å²) in [6.45, 7) is 1.98. The lowest BCUT2D eigenvalue weighted by Crippen LogP contribution is -2.24. The number of hydrogen-bond acceptors (Lipinski definition) is 6. The predicted octanol–water partition coefficient (Wildman–Crippen LogP) is 5.62. The lowest BCUT2D eigenvalue weighted by molar-refractivity contribution is -0.120. The number of nitrogens with one attached hydrogen (secondary N) is 3. The van der Waals surface area contributed by atoms with Crippen LogP contribution in [0.25, 0.3) is 22.2 Å². The molecule has 3 aromatic heterocycles. The summed E-state index contributed by atoms with van der Waals surface area (Å²) in [6.07, 6.45) is 8.85. The molecule has 5 rings (SSSR count). The van der Waals surface area contributed by atoms with Crippen LogP contribution in [-0.2, 0) is 11.2 Å².